The van der Waals surface area contributed by atoms with Crippen LogP contribution in [0.2, 0.25) is 0 Å². The molecule has 0 radical (unpaired) electrons. The van der Waals surface area contributed by atoms with E-state index in [1.165, 1.54) is 0 Å². The Kier molecular flexibility index (Phi) is 7.32. The number of nitrogens with one attached hydrogen (secondary N) is 1. The van der Waals surface area contributed by atoms with Crippen molar-refractivity contribution in [2.24, 2.45) is 0 Å². The molecule has 3 rings (SSSR count). The maximum absolute atomic E-state index is 13.9. The van der Waals surface area contributed by atoms with E-state index in [2.05, 4.69) is 15.5 Å². The summed E-state index contributed by atoms with van der Waals surface area (Å²) in [6, 6.07) is 10.8. The van der Waals surface area contributed by atoms with Gasteiger partial charge in [-0.15, -0.1) is 10.2 Å². The van der Waals surface area contributed by atoms with Crippen LogP contribution in [0.15, 0.2) is 47.6 Å². The van der Waals surface area contributed by atoms with Gasteiger partial charge in [-0.3, -0.25) is 19.5 Å². The standard InChI is InChI=1S/C20H20FN5O4S/c1-13-4-3-5-14(10-13)19-23-24-20(25(19)8-9-30-2)31-12-18(27)22-17-11-15(26(28)29)6-7-16(17)21/h3-7,10-11H,8-9,12H2,1-2H3,(H,22,27). The molecule has 0 aliphatic rings. The number of ether oxygens (including phenoxy) is 1. The predicted octanol–water partition coefficient (Wildman–Crippen LogP) is 3.68. The Morgan fingerprint density at radius 3 is 2.81 bits per heavy atom. The zero-order valence-electron chi connectivity index (χ0n) is 16.9. The molecule has 0 bridgehead atoms. The van der Waals surface area contributed by atoms with E-state index in [0.717, 1.165) is 41.1 Å². The second kappa shape index (κ2) is 10.1. The number of aryl methyl sites for hydroxylation is 1. The number of rotatable bonds is 9. The number of non-ortho nitro benzene ring substituents is 1. The van der Waals surface area contributed by atoms with Crippen molar-refractivity contribution in [3.05, 3.63) is 64.0 Å². The van der Waals surface area contributed by atoms with Gasteiger partial charge in [0.25, 0.3) is 5.69 Å². The van der Waals surface area contributed by atoms with E-state index in [9.17, 15) is 19.3 Å². The van der Waals surface area contributed by atoms with Crippen LogP contribution in [0.3, 0.4) is 0 Å². The SMILES string of the molecule is COCCn1c(SCC(=O)Nc2cc([N+](=O)[O-])ccc2F)nnc1-c1cccc(C)c1. The number of aromatic nitrogens is 3. The fourth-order valence-electron chi connectivity index (χ4n) is 2.82. The van der Waals surface area contributed by atoms with Crippen molar-refractivity contribution in [1.82, 2.24) is 14.8 Å². The van der Waals surface area contributed by atoms with Crippen molar-refractivity contribution in [2.45, 2.75) is 18.6 Å². The predicted molar refractivity (Wildman–Crippen MR) is 114 cm³/mol. The van der Waals surface area contributed by atoms with Crippen molar-refractivity contribution in [2.75, 3.05) is 24.8 Å². The summed E-state index contributed by atoms with van der Waals surface area (Å²) in [6.07, 6.45) is 0. The largest absolute Gasteiger partial charge is 0.383 e. The number of carbonyl (C=O) groups excluding carboxylic acids is 1. The van der Waals surface area contributed by atoms with Crippen molar-refractivity contribution in [3.63, 3.8) is 0 Å². The van der Waals surface area contributed by atoms with Crippen LogP contribution in [0.25, 0.3) is 11.4 Å². The molecule has 162 valence electrons. The minimum atomic E-state index is -0.756. The van der Waals surface area contributed by atoms with Gasteiger partial charge in [0.15, 0.2) is 11.0 Å². The van der Waals surface area contributed by atoms with Crippen LogP contribution in [0, 0.1) is 22.9 Å². The minimum Gasteiger partial charge on any atom is -0.383 e. The van der Waals surface area contributed by atoms with Crippen molar-refractivity contribution < 1.29 is 18.8 Å². The molecule has 1 N–H and O–H groups in total. The van der Waals surface area contributed by atoms with Gasteiger partial charge < -0.3 is 10.1 Å². The first-order valence-electron chi connectivity index (χ1n) is 9.25. The van der Waals surface area contributed by atoms with Gasteiger partial charge in [0.05, 0.1) is 29.5 Å². The molecular weight excluding hydrogens is 425 g/mol. The number of hydrogen-bond acceptors (Lipinski definition) is 7. The maximum atomic E-state index is 13.9. The summed E-state index contributed by atoms with van der Waals surface area (Å²) in [4.78, 5) is 22.5. The average Bonchev–Trinajstić information content (AvgIpc) is 3.15. The van der Waals surface area contributed by atoms with E-state index in [1.54, 1.807) is 7.11 Å². The van der Waals surface area contributed by atoms with Crippen molar-refractivity contribution in [1.29, 1.82) is 0 Å². The van der Waals surface area contributed by atoms with E-state index in [1.807, 2.05) is 35.8 Å². The van der Waals surface area contributed by atoms with Gasteiger partial charge in [-0.1, -0.05) is 35.5 Å². The number of anilines is 1. The number of methoxy groups -OCH3 is 1. The monoisotopic (exact) mass is 445 g/mol. The molecule has 3 aromatic rings. The molecule has 1 heterocycles. The van der Waals surface area contributed by atoms with Crippen LogP contribution in [-0.4, -0.2) is 45.1 Å². The third-order valence-electron chi connectivity index (χ3n) is 4.28. The maximum Gasteiger partial charge on any atom is 0.271 e. The van der Waals surface area contributed by atoms with Gasteiger partial charge in [0.1, 0.15) is 5.82 Å². The molecule has 1 aromatic heterocycles. The lowest BCUT2D eigenvalue weighted by molar-refractivity contribution is -0.384. The Hall–Kier alpha value is -3.31. The van der Waals surface area contributed by atoms with E-state index in [-0.39, 0.29) is 17.1 Å². The highest BCUT2D eigenvalue weighted by atomic mass is 32.2. The highest BCUT2D eigenvalue weighted by Crippen LogP contribution is 2.26. The molecule has 0 saturated carbocycles. The molecule has 1 amide bonds. The molecule has 0 saturated heterocycles. The van der Waals surface area contributed by atoms with Gasteiger partial charge in [0, 0.05) is 24.8 Å². The van der Waals surface area contributed by atoms with Crippen molar-refractivity contribution in [3.8, 4) is 11.4 Å². The van der Waals surface area contributed by atoms with Crippen LogP contribution in [0.4, 0.5) is 15.8 Å². The third-order valence-corrected chi connectivity index (χ3v) is 5.25. The van der Waals surface area contributed by atoms with Crippen LogP contribution in [-0.2, 0) is 16.1 Å². The minimum absolute atomic E-state index is 0.0823. The quantitative estimate of drug-likeness (QED) is 0.304. The summed E-state index contributed by atoms with van der Waals surface area (Å²) >= 11 is 1.13. The highest BCUT2D eigenvalue weighted by molar-refractivity contribution is 7.99. The molecule has 2 aromatic carbocycles. The van der Waals surface area contributed by atoms with E-state index >= 15 is 0 Å². The molecule has 0 aliphatic heterocycles. The molecule has 0 fully saturated rings. The van der Waals surface area contributed by atoms with Gasteiger partial charge in [0.2, 0.25) is 5.91 Å². The molecule has 0 atom stereocenters. The molecule has 11 heteroatoms. The molecule has 31 heavy (non-hydrogen) atoms. The lowest BCUT2D eigenvalue weighted by atomic mass is 10.1. The number of hydrogen-bond donors (Lipinski definition) is 1. The molecule has 0 spiro atoms. The normalized spacial score (nSPS) is 10.8. The average molecular weight is 445 g/mol. The number of nitrogens with zero attached hydrogens (tertiary/aromatic N) is 4. The first-order valence-corrected chi connectivity index (χ1v) is 10.2. The van der Waals surface area contributed by atoms with Crippen molar-refractivity contribution >= 4 is 29.0 Å². The smallest absolute Gasteiger partial charge is 0.271 e. The van der Waals surface area contributed by atoms with E-state index < -0.39 is 16.6 Å². The first kappa shape index (κ1) is 22.4. The lowest BCUT2D eigenvalue weighted by Gasteiger charge is -2.10. The Morgan fingerprint density at radius 2 is 2.10 bits per heavy atom. The Balaban J connectivity index is 1.74. The van der Waals surface area contributed by atoms with Crippen LogP contribution >= 0.6 is 11.8 Å². The zero-order valence-corrected chi connectivity index (χ0v) is 17.7. The van der Waals surface area contributed by atoms with Gasteiger partial charge in [-0.2, -0.15) is 0 Å². The van der Waals surface area contributed by atoms with E-state index in [0.29, 0.717) is 24.1 Å². The number of halogens is 1. The fourth-order valence-corrected chi connectivity index (χ4v) is 3.58. The number of amides is 1. The fraction of sp³-hybridized carbons (Fsp3) is 0.250. The van der Waals surface area contributed by atoms with E-state index in [4.69, 9.17) is 4.74 Å². The number of thioether (sulfide) groups is 1. The number of nitro benzene ring substituents is 1. The third kappa shape index (κ3) is 5.64. The van der Waals surface area contributed by atoms with Crippen LogP contribution in [0.1, 0.15) is 5.56 Å². The lowest BCUT2D eigenvalue weighted by Crippen LogP contribution is -2.16. The van der Waals surface area contributed by atoms with Crippen LogP contribution < -0.4 is 5.32 Å². The summed E-state index contributed by atoms with van der Waals surface area (Å²) in [5.41, 5.74) is 1.40. The Bertz CT molecular complexity index is 1100. The number of nitro groups is 1. The first-order chi connectivity index (χ1) is 14.9. The molecular formula is C20H20FN5O4S. The van der Waals surface area contributed by atoms with Gasteiger partial charge >= 0.3 is 0 Å². The summed E-state index contributed by atoms with van der Waals surface area (Å²) in [6.45, 7) is 2.89. The van der Waals surface area contributed by atoms with Gasteiger partial charge in [-0.25, -0.2) is 4.39 Å². The summed E-state index contributed by atoms with van der Waals surface area (Å²) in [5, 5.41) is 22.2. The second-order valence-electron chi connectivity index (χ2n) is 6.58. The number of benzene rings is 2. The summed E-state index contributed by atoms with van der Waals surface area (Å²) < 4.78 is 20.9. The topological polar surface area (TPSA) is 112 Å². The van der Waals surface area contributed by atoms with Gasteiger partial charge in [-0.05, 0) is 19.1 Å². The Labute approximate surface area is 181 Å². The number of carbonyl (C=O) groups is 1. The highest BCUT2D eigenvalue weighted by Gasteiger charge is 2.17. The molecule has 0 unspecified atom stereocenters. The summed E-state index contributed by atoms with van der Waals surface area (Å²) in [5.74, 6) is -0.716. The van der Waals surface area contributed by atoms with Crippen LogP contribution in [0.5, 0.6) is 0 Å². The summed E-state index contributed by atoms with van der Waals surface area (Å²) in [7, 11) is 1.59. The molecule has 9 nitrogen and oxygen atoms in total. The molecule has 0 aliphatic carbocycles. The second-order valence-corrected chi connectivity index (χ2v) is 7.52. The zero-order chi connectivity index (χ0) is 22.4. The Morgan fingerprint density at radius 1 is 1.29 bits per heavy atom.